The molecular weight excluding hydrogens is 258 g/mol. The van der Waals surface area contributed by atoms with Crippen LogP contribution in [0.3, 0.4) is 0 Å². The van der Waals surface area contributed by atoms with Crippen molar-refractivity contribution in [3.05, 3.63) is 24.3 Å². The summed E-state index contributed by atoms with van der Waals surface area (Å²) in [5, 5.41) is 0. The first-order valence-corrected chi connectivity index (χ1v) is 6.61. The van der Waals surface area contributed by atoms with Gasteiger partial charge in [-0.3, -0.25) is 9.59 Å². The highest BCUT2D eigenvalue weighted by atomic mass is 16.5. The van der Waals surface area contributed by atoms with Crippen LogP contribution < -0.4 is 21.1 Å². The molecule has 0 saturated heterocycles. The van der Waals surface area contributed by atoms with Gasteiger partial charge in [0.1, 0.15) is 5.75 Å². The number of anilines is 1. The number of fused-ring (bicyclic) bond motifs is 1. The van der Waals surface area contributed by atoms with Gasteiger partial charge in [-0.1, -0.05) is 19.1 Å². The minimum absolute atomic E-state index is 0.0718. The Hall–Kier alpha value is -2.08. The molecule has 108 valence electrons. The van der Waals surface area contributed by atoms with E-state index in [1.54, 1.807) is 23.1 Å². The van der Waals surface area contributed by atoms with Crippen molar-refractivity contribution in [2.24, 2.45) is 17.4 Å². The van der Waals surface area contributed by atoms with E-state index in [4.69, 9.17) is 16.2 Å². The average Bonchev–Trinajstić information content (AvgIpc) is 2.45. The summed E-state index contributed by atoms with van der Waals surface area (Å²) >= 11 is 0. The average molecular weight is 277 g/mol. The Labute approximate surface area is 117 Å². The molecule has 1 aliphatic heterocycles. The fourth-order valence-corrected chi connectivity index (χ4v) is 2.23. The van der Waals surface area contributed by atoms with Crippen LogP contribution in [0.25, 0.3) is 0 Å². The molecule has 20 heavy (non-hydrogen) atoms. The van der Waals surface area contributed by atoms with Crippen molar-refractivity contribution in [3.63, 3.8) is 0 Å². The van der Waals surface area contributed by atoms with Gasteiger partial charge >= 0.3 is 0 Å². The van der Waals surface area contributed by atoms with Crippen LogP contribution in [0.15, 0.2) is 24.3 Å². The molecule has 2 amide bonds. The van der Waals surface area contributed by atoms with E-state index in [1.165, 1.54) is 0 Å². The van der Waals surface area contributed by atoms with Crippen molar-refractivity contribution < 1.29 is 14.3 Å². The second-order valence-corrected chi connectivity index (χ2v) is 4.90. The summed E-state index contributed by atoms with van der Waals surface area (Å²) in [6, 6.07) is 7.12. The maximum Gasteiger partial charge on any atom is 0.260 e. The fraction of sp³-hybridized carbons (Fsp3) is 0.429. The molecule has 0 aromatic heterocycles. The first-order chi connectivity index (χ1) is 9.54. The van der Waals surface area contributed by atoms with Crippen molar-refractivity contribution in [3.8, 4) is 5.75 Å². The maximum atomic E-state index is 12.5. The molecule has 0 fully saturated rings. The van der Waals surface area contributed by atoms with E-state index in [2.05, 4.69) is 0 Å². The van der Waals surface area contributed by atoms with Gasteiger partial charge in [0.2, 0.25) is 5.91 Å². The first-order valence-electron chi connectivity index (χ1n) is 6.61. The van der Waals surface area contributed by atoms with Crippen LogP contribution >= 0.6 is 0 Å². The normalized spacial score (nSPS) is 18.9. The van der Waals surface area contributed by atoms with E-state index < -0.39 is 12.0 Å². The summed E-state index contributed by atoms with van der Waals surface area (Å²) in [5.74, 6) is -0.364. The Balaban J connectivity index is 2.31. The van der Waals surface area contributed by atoms with E-state index >= 15 is 0 Å². The molecular formula is C14H19N3O3. The number of primary amides is 1. The number of para-hydroxylation sites is 2. The van der Waals surface area contributed by atoms with Gasteiger partial charge in [0.25, 0.3) is 5.91 Å². The molecule has 2 atom stereocenters. The number of hydrogen-bond acceptors (Lipinski definition) is 4. The van der Waals surface area contributed by atoms with Gasteiger partial charge in [-0.05, 0) is 25.1 Å². The lowest BCUT2D eigenvalue weighted by atomic mass is 10.0. The Morgan fingerprint density at radius 3 is 2.80 bits per heavy atom. The Kier molecular flexibility index (Phi) is 4.24. The molecule has 0 aliphatic carbocycles. The van der Waals surface area contributed by atoms with Crippen LogP contribution in [0.4, 0.5) is 5.69 Å². The third-order valence-electron chi connectivity index (χ3n) is 3.38. The standard InChI is InChI=1S/C14H19N3O3/c1-9(6-7-15)14(19)17-8-12(13(16)18)20-11-5-3-2-4-10(11)17/h2-5,9,12H,6-8,15H2,1H3,(H2,16,18). The number of nitrogens with two attached hydrogens (primary N) is 2. The van der Waals surface area contributed by atoms with Gasteiger partial charge in [0.15, 0.2) is 6.10 Å². The predicted octanol–water partition coefficient (Wildman–Crippen LogP) is 0.251. The lowest BCUT2D eigenvalue weighted by molar-refractivity contribution is -0.126. The number of rotatable bonds is 4. The molecule has 6 nitrogen and oxygen atoms in total. The lowest BCUT2D eigenvalue weighted by Gasteiger charge is -2.34. The first kappa shape index (κ1) is 14.3. The van der Waals surface area contributed by atoms with Crippen molar-refractivity contribution in [1.29, 1.82) is 0 Å². The molecule has 4 N–H and O–H groups in total. The minimum Gasteiger partial charge on any atom is -0.477 e. The molecule has 1 aromatic carbocycles. The third-order valence-corrected chi connectivity index (χ3v) is 3.38. The quantitative estimate of drug-likeness (QED) is 0.824. The highest BCUT2D eigenvalue weighted by Crippen LogP contribution is 2.34. The van der Waals surface area contributed by atoms with Crippen molar-refractivity contribution >= 4 is 17.5 Å². The second-order valence-electron chi connectivity index (χ2n) is 4.90. The molecule has 0 saturated carbocycles. The predicted molar refractivity (Wildman–Crippen MR) is 75.2 cm³/mol. The van der Waals surface area contributed by atoms with Crippen LogP contribution in [0, 0.1) is 5.92 Å². The maximum absolute atomic E-state index is 12.5. The molecule has 2 unspecified atom stereocenters. The van der Waals surface area contributed by atoms with Gasteiger partial charge in [0.05, 0.1) is 12.2 Å². The molecule has 0 spiro atoms. The van der Waals surface area contributed by atoms with Gasteiger partial charge in [-0.2, -0.15) is 0 Å². The van der Waals surface area contributed by atoms with Crippen LogP contribution in [-0.4, -0.2) is 31.0 Å². The zero-order valence-corrected chi connectivity index (χ0v) is 11.4. The van der Waals surface area contributed by atoms with E-state index in [9.17, 15) is 9.59 Å². The summed E-state index contributed by atoms with van der Waals surface area (Å²) in [6.45, 7) is 2.41. The summed E-state index contributed by atoms with van der Waals surface area (Å²) in [7, 11) is 0. The van der Waals surface area contributed by atoms with Gasteiger partial charge in [-0.15, -0.1) is 0 Å². The second kappa shape index (κ2) is 5.92. The Morgan fingerprint density at radius 2 is 2.15 bits per heavy atom. The number of carbonyl (C=O) groups is 2. The van der Waals surface area contributed by atoms with Crippen LogP contribution in [0.2, 0.25) is 0 Å². The summed E-state index contributed by atoms with van der Waals surface area (Å²) < 4.78 is 5.52. The third kappa shape index (κ3) is 2.75. The summed E-state index contributed by atoms with van der Waals surface area (Å²) in [4.78, 5) is 25.4. The SMILES string of the molecule is CC(CCN)C(=O)N1CC(C(N)=O)Oc2ccccc21. The zero-order valence-electron chi connectivity index (χ0n) is 11.4. The number of hydrogen-bond donors (Lipinski definition) is 2. The van der Waals surface area contributed by atoms with Crippen LogP contribution in [-0.2, 0) is 9.59 Å². The smallest absolute Gasteiger partial charge is 0.260 e. The number of nitrogens with zero attached hydrogens (tertiary/aromatic N) is 1. The molecule has 1 aliphatic rings. The van der Waals surface area contributed by atoms with E-state index in [-0.39, 0.29) is 18.4 Å². The minimum atomic E-state index is -0.820. The largest absolute Gasteiger partial charge is 0.477 e. The van der Waals surface area contributed by atoms with Gasteiger partial charge in [-0.25, -0.2) is 0 Å². The molecule has 2 rings (SSSR count). The topological polar surface area (TPSA) is 98.7 Å². The lowest BCUT2D eigenvalue weighted by Crippen LogP contribution is -2.50. The fourth-order valence-electron chi connectivity index (χ4n) is 2.23. The van der Waals surface area contributed by atoms with Crippen LogP contribution in [0.1, 0.15) is 13.3 Å². The zero-order chi connectivity index (χ0) is 14.7. The van der Waals surface area contributed by atoms with Gasteiger partial charge in [0, 0.05) is 5.92 Å². The van der Waals surface area contributed by atoms with Crippen molar-refractivity contribution in [2.45, 2.75) is 19.4 Å². The number of ether oxygens (including phenoxy) is 1. The molecule has 6 heteroatoms. The summed E-state index contributed by atoms with van der Waals surface area (Å²) in [6.07, 6.45) is -0.224. The highest BCUT2D eigenvalue weighted by molar-refractivity contribution is 5.98. The number of benzene rings is 1. The van der Waals surface area contributed by atoms with E-state index in [0.29, 0.717) is 24.4 Å². The van der Waals surface area contributed by atoms with Gasteiger partial charge < -0.3 is 21.1 Å². The monoisotopic (exact) mass is 277 g/mol. The van der Waals surface area contributed by atoms with E-state index in [1.807, 2.05) is 13.0 Å². The van der Waals surface area contributed by atoms with E-state index in [0.717, 1.165) is 0 Å². The Morgan fingerprint density at radius 1 is 1.45 bits per heavy atom. The van der Waals surface area contributed by atoms with Crippen LogP contribution in [0.5, 0.6) is 5.75 Å². The summed E-state index contributed by atoms with van der Waals surface area (Å²) in [5.41, 5.74) is 11.5. The Bertz CT molecular complexity index is 518. The molecule has 1 aromatic rings. The molecule has 1 heterocycles. The van der Waals surface area contributed by atoms with Crippen molar-refractivity contribution in [1.82, 2.24) is 0 Å². The number of amides is 2. The number of carbonyl (C=O) groups excluding carboxylic acids is 2. The molecule has 0 radical (unpaired) electrons. The molecule has 0 bridgehead atoms. The van der Waals surface area contributed by atoms with Crippen molar-refractivity contribution in [2.75, 3.05) is 18.0 Å². The highest BCUT2D eigenvalue weighted by Gasteiger charge is 2.33.